The fraction of sp³-hybridized carbons (Fsp3) is 0.182. The first-order valence-electron chi connectivity index (χ1n) is 9.46. The van der Waals surface area contributed by atoms with Gasteiger partial charge in [0.2, 0.25) is 0 Å². The van der Waals surface area contributed by atoms with Gasteiger partial charge in [0.25, 0.3) is 5.91 Å². The van der Waals surface area contributed by atoms with Crippen LogP contribution >= 0.6 is 12.2 Å². The van der Waals surface area contributed by atoms with Crippen LogP contribution in [-0.2, 0) is 20.5 Å². The molecule has 4 rings (SSSR count). The van der Waals surface area contributed by atoms with Gasteiger partial charge in [-0.25, -0.2) is 0 Å². The van der Waals surface area contributed by atoms with Gasteiger partial charge in [-0.2, -0.15) is 8.42 Å². The number of ether oxygens (including phenoxy) is 1. The molecular formula is C22H20N2O6S2. The van der Waals surface area contributed by atoms with Crippen molar-refractivity contribution in [3.8, 4) is 22.6 Å². The molecule has 1 atom stereocenters. The molecule has 0 aliphatic carbocycles. The third-order valence-electron chi connectivity index (χ3n) is 5.27. The Kier molecular flexibility index (Phi) is 5.43. The van der Waals surface area contributed by atoms with Crippen molar-refractivity contribution in [1.82, 2.24) is 10.2 Å². The van der Waals surface area contributed by atoms with Gasteiger partial charge in [0.05, 0.1) is 25.9 Å². The number of likely N-dealkylation sites (N-methyl/N-ethyl adjacent to an activating group) is 1. The lowest BCUT2D eigenvalue weighted by Crippen LogP contribution is -2.45. The molecule has 1 amide bonds. The lowest BCUT2D eigenvalue weighted by atomic mass is 9.82. The second kappa shape index (κ2) is 7.95. The van der Waals surface area contributed by atoms with Crippen LogP contribution in [0.1, 0.15) is 11.1 Å². The van der Waals surface area contributed by atoms with Crippen LogP contribution in [0.4, 0.5) is 0 Å². The molecule has 1 fully saturated rings. The zero-order valence-electron chi connectivity index (χ0n) is 17.5. The van der Waals surface area contributed by atoms with E-state index >= 15 is 0 Å². The van der Waals surface area contributed by atoms with Gasteiger partial charge in [-0.3, -0.25) is 4.79 Å². The van der Waals surface area contributed by atoms with E-state index in [9.17, 15) is 13.2 Å². The fourth-order valence-corrected chi connectivity index (χ4v) is 4.54. The smallest absolute Gasteiger partial charge is 0.306 e. The summed E-state index contributed by atoms with van der Waals surface area (Å²) in [4.78, 5) is 14.9. The number of methoxy groups -OCH3 is 1. The molecule has 1 N–H and O–H groups in total. The first kappa shape index (κ1) is 21.8. The van der Waals surface area contributed by atoms with Gasteiger partial charge in [0, 0.05) is 18.7 Å². The van der Waals surface area contributed by atoms with Gasteiger partial charge in [-0.05, 0) is 53.2 Å². The highest BCUT2D eigenvalue weighted by Gasteiger charge is 2.53. The highest BCUT2D eigenvalue weighted by molar-refractivity contribution is 7.86. The van der Waals surface area contributed by atoms with Crippen molar-refractivity contribution in [1.29, 1.82) is 0 Å². The summed E-state index contributed by atoms with van der Waals surface area (Å²) < 4.78 is 38.9. The van der Waals surface area contributed by atoms with Gasteiger partial charge in [-0.1, -0.05) is 18.2 Å². The van der Waals surface area contributed by atoms with Crippen LogP contribution < -0.4 is 14.2 Å². The Hall–Kier alpha value is -3.37. The molecule has 0 radical (unpaired) electrons. The van der Waals surface area contributed by atoms with E-state index in [1.54, 1.807) is 30.1 Å². The Morgan fingerprint density at radius 2 is 1.81 bits per heavy atom. The lowest BCUT2D eigenvalue weighted by Gasteiger charge is -2.33. The molecule has 0 bridgehead atoms. The van der Waals surface area contributed by atoms with E-state index in [4.69, 9.17) is 25.6 Å². The molecule has 8 nitrogen and oxygen atoms in total. The molecule has 166 valence electrons. The molecule has 3 aromatic rings. The van der Waals surface area contributed by atoms with Crippen molar-refractivity contribution < 1.29 is 26.5 Å². The molecule has 1 aromatic heterocycles. The molecule has 0 saturated carbocycles. The summed E-state index contributed by atoms with van der Waals surface area (Å²) in [5, 5.41) is 3.02. The summed E-state index contributed by atoms with van der Waals surface area (Å²) in [6, 6.07) is 13.9. The molecule has 2 aromatic carbocycles. The predicted octanol–water partition coefficient (Wildman–Crippen LogP) is 2.88. The van der Waals surface area contributed by atoms with Crippen molar-refractivity contribution in [2.45, 2.75) is 5.54 Å². The van der Waals surface area contributed by atoms with Crippen LogP contribution in [0.5, 0.6) is 11.5 Å². The number of carbonyl (C=O) groups is 1. The third-order valence-corrected chi connectivity index (χ3v) is 6.14. The molecule has 2 heterocycles. The number of carbonyl (C=O) groups excluding carboxylic acids is 1. The van der Waals surface area contributed by atoms with Crippen molar-refractivity contribution in [3.63, 3.8) is 0 Å². The topological polar surface area (TPSA) is 98.1 Å². The highest BCUT2D eigenvalue weighted by Crippen LogP contribution is 2.41. The Morgan fingerprint density at radius 1 is 1.06 bits per heavy atom. The Balaban J connectivity index is 1.88. The number of hydrogen-bond donors (Lipinski definition) is 1. The van der Waals surface area contributed by atoms with Gasteiger partial charge >= 0.3 is 10.1 Å². The summed E-state index contributed by atoms with van der Waals surface area (Å²) in [7, 11) is -0.504. The van der Waals surface area contributed by atoms with Gasteiger partial charge < -0.3 is 23.6 Å². The fourth-order valence-electron chi connectivity index (χ4n) is 3.87. The number of amides is 1. The first-order chi connectivity index (χ1) is 15.1. The molecule has 1 unspecified atom stereocenters. The monoisotopic (exact) mass is 472 g/mol. The van der Waals surface area contributed by atoms with Gasteiger partial charge in [0.15, 0.2) is 10.7 Å². The minimum absolute atomic E-state index is 0.119. The van der Waals surface area contributed by atoms with E-state index in [1.165, 1.54) is 25.7 Å². The number of nitrogens with zero attached hydrogens (tertiary/aromatic N) is 1. The van der Waals surface area contributed by atoms with Crippen LogP contribution in [0.3, 0.4) is 0 Å². The van der Waals surface area contributed by atoms with E-state index in [1.807, 2.05) is 24.3 Å². The van der Waals surface area contributed by atoms with Crippen molar-refractivity contribution in [2.24, 2.45) is 0 Å². The number of furan rings is 1. The van der Waals surface area contributed by atoms with Crippen LogP contribution in [0.25, 0.3) is 11.1 Å². The van der Waals surface area contributed by atoms with E-state index in [-0.39, 0.29) is 11.7 Å². The standard InChI is InChI=1S/C22H20N2O6S2/c1-24-21(31)23-20(25)22(24,17-7-8-29-13-17)16-6-4-5-14(9-16)15-10-18(28-2)12-19(11-15)30-32(3,26)27/h4-13H,1-3H3,(H,23,25,31). The van der Waals surface area contributed by atoms with Crippen molar-refractivity contribution >= 4 is 33.4 Å². The molecule has 32 heavy (non-hydrogen) atoms. The summed E-state index contributed by atoms with van der Waals surface area (Å²) >= 11 is 5.34. The van der Waals surface area contributed by atoms with E-state index in [0.29, 0.717) is 27.6 Å². The molecular weight excluding hydrogens is 452 g/mol. The predicted molar refractivity (Wildman–Crippen MR) is 122 cm³/mol. The number of hydrogen-bond acceptors (Lipinski definition) is 7. The quantitative estimate of drug-likeness (QED) is 0.432. The highest BCUT2D eigenvalue weighted by atomic mass is 32.2. The summed E-state index contributed by atoms with van der Waals surface area (Å²) in [6.07, 6.45) is 3.99. The molecule has 0 spiro atoms. The molecule has 1 aliphatic heterocycles. The maximum atomic E-state index is 13.2. The second-order valence-corrected chi connectivity index (χ2v) is 9.27. The van der Waals surface area contributed by atoms with E-state index < -0.39 is 15.7 Å². The van der Waals surface area contributed by atoms with Crippen LogP contribution in [-0.4, -0.2) is 44.8 Å². The van der Waals surface area contributed by atoms with Crippen LogP contribution in [0, 0.1) is 0 Å². The first-order valence-corrected chi connectivity index (χ1v) is 11.7. The van der Waals surface area contributed by atoms with Crippen molar-refractivity contribution in [2.75, 3.05) is 20.4 Å². The summed E-state index contributed by atoms with van der Waals surface area (Å²) in [6.45, 7) is 0. The number of nitrogens with one attached hydrogen (secondary N) is 1. The minimum atomic E-state index is -3.72. The van der Waals surface area contributed by atoms with Crippen LogP contribution in [0.15, 0.2) is 65.5 Å². The maximum Gasteiger partial charge on any atom is 0.306 e. The summed E-state index contributed by atoms with van der Waals surface area (Å²) in [5.41, 5.74) is 1.44. The van der Waals surface area contributed by atoms with E-state index in [2.05, 4.69) is 5.32 Å². The third kappa shape index (κ3) is 3.71. The summed E-state index contributed by atoms with van der Waals surface area (Å²) in [5.74, 6) is 0.247. The Bertz CT molecular complexity index is 1300. The lowest BCUT2D eigenvalue weighted by molar-refractivity contribution is -0.124. The molecule has 1 saturated heterocycles. The Morgan fingerprint density at radius 3 is 2.41 bits per heavy atom. The molecule has 10 heteroatoms. The van der Waals surface area contributed by atoms with E-state index in [0.717, 1.165) is 11.8 Å². The van der Waals surface area contributed by atoms with Gasteiger partial charge in [0.1, 0.15) is 11.5 Å². The van der Waals surface area contributed by atoms with Crippen LogP contribution in [0.2, 0.25) is 0 Å². The normalized spacial score (nSPS) is 18.5. The number of benzene rings is 2. The van der Waals surface area contributed by atoms with Crippen molar-refractivity contribution in [3.05, 3.63) is 72.2 Å². The number of thiocarbonyl (C=S) groups is 1. The zero-order chi connectivity index (χ0) is 23.1. The Labute approximate surface area is 190 Å². The van der Waals surface area contributed by atoms with Gasteiger partial charge in [-0.15, -0.1) is 0 Å². The maximum absolute atomic E-state index is 13.2. The number of rotatable bonds is 6. The average Bonchev–Trinajstić information content (AvgIpc) is 3.34. The zero-order valence-corrected chi connectivity index (χ0v) is 19.1. The minimum Gasteiger partial charge on any atom is -0.497 e. The molecule has 1 aliphatic rings. The largest absolute Gasteiger partial charge is 0.497 e. The second-order valence-electron chi connectivity index (χ2n) is 7.31. The SMILES string of the molecule is COc1cc(OS(C)(=O)=O)cc(-c2cccc(C3(c4ccoc4)C(=O)NC(=S)N3C)c2)c1. The average molecular weight is 473 g/mol.